The maximum atomic E-state index is 4.12. The first-order valence-corrected chi connectivity index (χ1v) is 15.1. The van der Waals surface area contributed by atoms with Gasteiger partial charge in [0.05, 0.1) is 22.1 Å². The maximum absolute atomic E-state index is 4.12. The van der Waals surface area contributed by atoms with E-state index in [2.05, 4.69) is 71.0 Å². The first kappa shape index (κ1) is 29.5. The fourth-order valence-electron chi connectivity index (χ4n) is 1.82. The third kappa shape index (κ3) is 12.0. The summed E-state index contributed by atoms with van der Waals surface area (Å²) in [5, 5.41) is 0. The highest BCUT2D eigenvalue weighted by Gasteiger charge is 1.89. The third-order valence-electron chi connectivity index (χ3n) is 2.75. The Hall–Kier alpha value is -0.690. The molecule has 4 rings (SSSR count). The summed E-state index contributed by atoms with van der Waals surface area (Å²) in [5.41, 5.74) is 3.80. The number of hydrogen-bond donors (Lipinski definition) is 0. The molecule has 0 saturated heterocycles. The van der Waals surface area contributed by atoms with Crippen LogP contribution in [0.1, 0.15) is 34.1 Å². The van der Waals surface area contributed by atoms with Crippen LogP contribution in [0.5, 0.6) is 0 Å². The summed E-state index contributed by atoms with van der Waals surface area (Å²) >= 11 is 4.24. The lowest BCUT2D eigenvalue weighted by Crippen LogP contribution is -1.78. The number of halogens is 3. The Morgan fingerprint density at radius 3 is 0.929 bits per heavy atom. The molecule has 0 amide bonds. The van der Waals surface area contributed by atoms with E-state index in [1.807, 2.05) is 62.4 Å². The van der Waals surface area contributed by atoms with Crippen LogP contribution in [0.25, 0.3) is 22.1 Å². The highest BCUT2D eigenvalue weighted by molar-refractivity contribution is 15.0. The van der Waals surface area contributed by atoms with Gasteiger partial charge >= 0.3 is 0 Å². The zero-order chi connectivity index (χ0) is 20.3. The quantitative estimate of drug-likeness (QED) is 0.173. The molecule has 28 heavy (non-hydrogen) atoms. The van der Waals surface area contributed by atoms with Crippen LogP contribution in [0.4, 0.5) is 0 Å². The smallest absolute Gasteiger partial charge is 0.0886 e. The van der Waals surface area contributed by atoms with Gasteiger partial charge in [-0.3, -0.25) is 19.9 Å². The molecule has 0 N–H and O–H groups in total. The fourth-order valence-corrected chi connectivity index (χ4v) is 1.82. The average molecular weight is 716 g/mol. The lowest BCUT2D eigenvalue weighted by molar-refractivity contribution is 1.09. The Morgan fingerprint density at radius 1 is 0.571 bits per heavy atom. The molecule has 0 fully saturated rings. The van der Waals surface area contributed by atoms with Gasteiger partial charge in [-0.05, 0) is 24.3 Å². The monoisotopic (exact) mass is 716 g/mol. The topological polar surface area (TPSA) is 51.6 Å². The van der Waals surface area contributed by atoms with Crippen molar-refractivity contribution in [3.63, 3.8) is 0 Å². The van der Waals surface area contributed by atoms with Crippen LogP contribution < -0.4 is 0 Å². The van der Waals surface area contributed by atoms with Gasteiger partial charge in [-0.1, -0.05) is 58.4 Å². The number of aromatic nitrogens is 4. The van der Waals surface area contributed by atoms with Crippen LogP contribution in [0.15, 0.2) is 73.3 Å². The molecule has 2 aromatic heterocycles. The minimum Gasteiger partial charge on any atom is -0.253 e. The predicted octanol–water partition coefficient (Wildman–Crippen LogP) is 8.09. The molecule has 4 aromatic rings. The Kier molecular flexibility index (Phi) is 22.2. The molecule has 2 aromatic carbocycles. The number of nitrogens with zero attached hydrogens (tertiary/aromatic N) is 4. The van der Waals surface area contributed by atoms with Crippen molar-refractivity contribution in [3.8, 4) is 0 Å². The molecule has 0 aliphatic carbocycles. The maximum Gasteiger partial charge on any atom is 0.0886 e. The van der Waals surface area contributed by atoms with Crippen molar-refractivity contribution < 1.29 is 0 Å². The van der Waals surface area contributed by atoms with Crippen molar-refractivity contribution in [1.29, 1.82) is 0 Å². The van der Waals surface area contributed by atoms with Gasteiger partial charge in [-0.2, -0.15) is 0 Å². The predicted molar refractivity (Wildman–Crippen MR) is 150 cm³/mol. The Labute approximate surface area is 208 Å². The van der Waals surface area contributed by atoms with Crippen molar-refractivity contribution in [2.45, 2.75) is 34.1 Å². The SMILES string of the molecule is CC.CCC.I.II.c1ccc2nccnc2c1.c1ccc2nccnc2c1. The van der Waals surface area contributed by atoms with Gasteiger partial charge in [-0.25, -0.2) is 0 Å². The summed E-state index contributed by atoms with van der Waals surface area (Å²) in [6.45, 7) is 8.25. The van der Waals surface area contributed by atoms with Gasteiger partial charge in [-0.15, -0.1) is 24.0 Å². The molecule has 4 nitrogen and oxygen atoms in total. The van der Waals surface area contributed by atoms with Gasteiger partial charge in [0, 0.05) is 62.0 Å². The van der Waals surface area contributed by atoms with Gasteiger partial charge < -0.3 is 0 Å². The van der Waals surface area contributed by atoms with E-state index in [1.165, 1.54) is 6.42 Å². The summed E-state index contributed by atoms with van der Waals surface area (Å²) in [7, 11) is 0. The highest BCUT2D eigenvalue weighted by Crippen LogP contribution is 2.05. The molecule has 0 aliphatic heterocycles. The van der Waals surface area contributed by atoms with E-state index < -0.39 is 0 Å². The molecule has 152 valence electrons. The van der Waals surface area contributed by atoms with Crippen LogP contribution in [-0.4, -0.2) is 19.9 Å². The van der Waals surface area contributed by atoms with Crippen molar-refractivity contribution in [2.75, 3.05) is 0 Å². The number of hydrogen-bond acceptors (Lipinski definition) is 4. The van der Waals surface area contributed by atoms with Crippen LogP contribution in [0.3, 0.4) is 0 Å². The lowest BCUT2D eigenvalue weighted by atomic mass is 10.3. The molecule has 0 bridgehead atoms. The van der Waals surface area contributed by atoms with Gasteiger partial charge in [0.25, 0.3) is 0 Å². The number of rotatable bonds is 0. The standard InChI is InChI=1S/2C8H6N2.C3H8.C2H6.I2.HI/c2*1-2-4-8-7(3-1)9-5-6-10-8;1-3-2;2*1-2;/h2*1-6H;3H2,1-2H3;1-2H3;;1H. The first-order valence-electron chi connectivity index (χ1n) is 8.81. The van der Waals surface area contributed by atoms with Crippen molar-refractivity contribution in [2.24, 2.45) is 0 Å². The minimum atomic E-state index is 0. The molecule has 0 radical (unpaired) electrons. The molecule has 0 aliphatic rings. The van der Waals surface area contributed by atoms with Gasteiger partial charge in [0.2, 0.25) is 0 Å². The number of para-hydroxylation sites is 4. The van der Waals surface area contributed by atoms with Crippen molar-refractivity contribution >= 4 is 83.3 Å². The van der Waals surface area contributed by atoms with E-state index >= 15 is 0 Å². The van der Waals surface area contributed by atoms with E-state index in [4.69, 9.17) is 0 Å². The Balaban J connectivity index is 0. The molecule has 0 saturated carbocycles. The lowest BCUT2D eigenvalue weighted by Gasteiger charge is -1.90. The van der Waals surface area contributed by atoms with E-state index in [-0.39, 0.29) is 24.0 Å². The second-order valence-electron chi connectivity index (χ2n) is 4.80. The van der Waals surface area contributed by atoms with E-state index in [9.17, 15) is 0 Å². The summed E-state index contributed by atoms with van der Waals surface area (Å²) < 4.78 is 0. The second-order valence-corrected chi connectivity index (χ2v) is 4.80. The van der Waals surface area contributed by atoms with Crippen LogP contribution in [0.2, 0.25) is 0 Å². The van der Waals surface area contributed by atoms with Gasteiger partial charge in [0.15, 0.2) is 0 Å². The van der Waals surface area contributed by atoms with Gasteiger partial charge in [0.1, 0.15) is 0 Å². The molecule has 0 spiro atoms. The van der Waals surface area contributed by atoms with E-state index in [0.717, 1.165) is 22.1 Å². The zero-order valence-electron chi connectivity index (χ0n) is 16.6. The molecular weight excluding hydrogens is 689 g/mol. The Bertz CT molecular complexity index is 658. The largest absolute Gasteiger partial charge is 0.253 e. The summed E-state index contributed by atoms with van der Waals surface area (Å²) in [4.78, 5) is 16.5. The molecule has 0 unspecified atom stereocenters. The molecular formula is C21H27I3N4. The number of benzene rings is 2. The average Bonchev–Trinajstić information content (AvgIpc) is 2.78. The van der Waals surface area contributed by atoms with E-state index in [0.29, 0.717) is 0 Å². The molecule has 7 heteroatoms. The fraction of sp³-hybridized carbons (Fsp3) is 0.238. The van der Waals surface area contributed by atoms with Crippen molar-refractivity contribution in [1.82, 2.24) is 19.9 Å². The molecule has 2 heterocycles. The van der Waals surface area contributed by atoms with E-state index in [1.54, 1.807) is 24.8 Å². The second kappa shape index (κ2) is 21.0. The van der Waals surface area contributed by atoms with Crippen LogP contribution in [-0.2, 0) is 0 Å². The number of fused-ring (bicyclic) bond motifs is 2. The summed E-state index contributed by atoms with van der Waals surface area (Å²) in [5.74, 6) is 0. The van der Waals surface area contributed by atoms with Crippen LogP contribution >= 0.6 is 61.2 Å². The Morgan fingerprint density at radius 2 is 0.750 bits per heavy atom. The van der Waals surface area contributed by atoms with Crippen molar-refractivity contribution in [3.05, 3.63) is 73.3 Å². The third-order valence-corrected chi connectivity index (χ3v) is 2.75. The van der Waals surface area contributed by atoms with Crippen LogP contribution in [0, 0.1) is 0 Å². The first-order chi connectivity index (χ1) is 13.3. The summed E-state index contributed by atoms with van der Waals surface area (Å²) in [6.07, 6.45) is 8.04. The minimum absolute atomic E-state index is 0. The zero-order valence-corrected chi connectivity index (χ0v) is 23.2. The normalized spacial score (nSPS) is 8.21. The summed E-state index contributed by atoms with van der Waals surface area (Å²) in [6, 6.07) is 15.6. The molecule has 0 atom stereocenters. The highest BCUT2D eigenvalue weighted by atomic mass is 128.